The number of halogens is 2. The molecule has 4 nitrogen and oxygen atoms in total. The molecule has 0 bridgehead atoms. The van der Waals surface area contributed by atoms with Crippen LogP contribution >= 0.6 is 23.2 Å². The summed E-state index contributed by atoms with van der Waals surface area (Å²) in [6.07, 6.45) is 1.45. The van der Waals surface area contributed by atoms with Crippen LogP contribution in [0.4, 0.5) is 0 Å². The Labute approximate surface area is 111 Å². The first-order chi connectivity index (χ1) is 7.88. The molecule has 0 N–H and O–H groups in total. The van der Waals surface area contributed by atoms with Crippen LogP contribution in [0.5, 0.6) is 5.75 Å². The van der Waals surface area contributed by atoms with Gasteiger partial charge in [0.05, 0.1) is 24.5 Å². The number of benzene rings is 1. The lowest BCUT2D eigenvalue weighted by Crippen LogP contribution is -2.07. The average Bonchev–Trinajstić information content (AvgIpc) is 2.18. The fourth-order valence-corrected chi connectivity index (χ4v) is 1.93. The number of hydrogen-bond donors (Lipinski definition) is 0. The molecule has 1 aromatic rings. The molecule has 96 valence electrons. The van der Waals surface area contributed by atoms with Gasteiger partial charge in [0.25, 0.3) is 10.1 Å². The molecular weight excluding hydrogens is 287 g/mol. The van der Waals surface area contributed by atoms with Crippen LogP contribution in [0.2, 0.25) is 10.0 Å². The van der Waals surface area contributed by atoms with Crippen molar-refractivity contribution in [3.8, 4) is 5.75 Å². The summed E-state index contributed by atoms with van der Waals surface area (Å²) < 4.78 is 31.2. The van der Waals surface area contributed by atoms with Gasteiger partial charge in [-0.1, -0.05) is 23.2 Å². The molecule has 0 amide bonds. The van der Waals surface area contributed by atoms with Gasteiger partial charge in [0, 0.05) is 11.4 Å². The average molecular weight is 299 g/mol. The van der Waals surface area contributed by atoms with Crippen LogP contribution in [0.1, 0.15) is 6.42 Å². The van der Waals surface area contributed by atoms with Gasteiger partial charge in [-0.2, -0.15) is 8.42 Å². The molecule has 0 heterocycles. The second kappa shape index (κ2) is 6.44. The van der Waals surface area contributed by atoms with E-state index in [4.69, 9.17) is 27.9 Å². The van der Waals surface area contributed by atoms with Gasteiger partial charge in [-0.15, -0.1) is 0 Å². The summed E-state index contributed by atoms with van der Waals surface area (Å²) in [6.45, 7) is 0.404. The number of rotatable bonds is 6. The third kappa shape index (κ3) is 6.12. The molecule has 0 aromatic heterocycles. The predicted octanol–water partition coefficient (Wildman–Crippen LogP) is 2.74. The molecule has 17 heavy (non-hydrogen) atoms. The quantitative estimate of drug-likeness (QED) is 0.598. The monoisotopic (exact) mass is 298 g/mol. The summed E-state index contributed by atoms with van der Waals surface area (Å²) in [5, 5.41) is 0.948. The Morgan fingerprint density at radius 1 is 1.24 bits per heavy atom. The van der Waals surface area contributed by atoms with Gasteiger partial charge in [-0.25, -0.2) is 0 Å². The van der Waals surface area contributed by atoms with Crippen molar-refractivity contribution in [2.75, 3.05) is 19.5 Å². The topological polar surface area (TPSA) is 52.6 Å². The van der Waals surface area contributed by atoms with Crippen LogP contribution in [0.3, 0.4) is 0 Å². The minimum atomic E-state index is -3.38. The zero-order chi connectivity index (χ0) is 12.9. The zero-order valence-corrected chi connectivity index (χ0v) is 11.5. The lowest BCUT2D eigenvalue weighted by molar-refractivity contribution is 0.252. The Bertz CT molecular complexity index is 473. The molecule has 0 atom stereocenters. The molecule has 0 aliphatic carbocycles. The molecule has 0 aliphatic rings. The van der Waals surface area contributed by atoms with E-state index >= 15 is 0 Å². The van der Waals surface area contributed by atoms with E-state index in [1.54, 1.807) is 18.2 Å². The third-order valence-corrected chi connectivity index (χ3v) is 2.86. The summed E-state index contributed by atoms with van der Waals surface area (Å²) in [5.41, 5.74) is 0. The van der Waals surface area contributed by atoms with Crippen molar-refractivity contribution in [1.82, 2.24) is 0 Å². The van der Waals surface area contributed by atoms with Gasteiger partial charge >= 0.3 is 0 Å². The van der Waals surface area contributed by atoms with E-state index in [-0.39, 0.29) is 6.61 Å². The third-order valence-electron chi connectivity index (χ3n) is 1.74. The molecule has 0 radical (unpaired) electrons. The van der Waals surface area contributed by atoms with E-state index in [2.05, 4.69) is 4.18 Å². The highest BCUT2D eigenvalue weighted by Gasteiger charge is 2.03. The second-order valence-corrected chi connectivity index (χ2v) is 5.79. The minimum Gasteiger partial charge on any atom is -0.492 e. The van der Waals surface area contributed by atoms with E-state index in [1.807, 2.05) is 0 Å². The van der Waals surface area contributed by atoms with Crippen molar-refractivity contribution in [3.63, 3.8) is 0 Å². The van der Waals surface area contributed by atoms with Crippen LogP contribution in [-0.4, -0.2) is 27.9 Å². The molecule has 7 heteroatoms. The first-order valence-electron chi connectivity index (χ1n) is 4.81. The first-order valence-corrected chi connectivity index (χ1v) is 7.38. The van der Waals surface area contributed by atoms with Gasteiger partial charge in [-0.05, 0) is 18.2 Å². The molecule has 0 aliphatic heterocycles. The molecule has 0 saturated heterocycles. The van der Waals surface area contributed by atoms with Crippen molar-refractivity contribution in [2.24, 2.45) is 0 Å². The van der Waals surface area contributed by atoms with Gasteiger partial charge in [0.2, 0.25) is 0 Å². The van der Waals surface area contributed by atoms with Crippen LogP contribution in [0.25, 0.3) is 0 Å². The lowest BCUT2D eigenvalue weighted by atomic mass is 10.3. The van der Waals surface area contributed by atoms with Crippen molar-refractivity contribution in [3.05, 3.63) is 28.2 Å². The lowest BCUT2D eigenvalue weighted by Gasteiger charge is -2.07. The smallest absolute Gasteiger partial charge is 0.264 e. The van der Waals surface area contributed by atoms with Crippen molar-refractivity contribution in [1.29, 1.82) is 0 Å². The molecule has 0 unspecified atom stereocenters. The molecular formula is C10H12Cl2O4S. The summed E-state index contributed by atoms with van der Waals surface area (Å²) in [6, 6.07) is 4.89. The standard InChI is InChI=1S/C10H12Cl2O4S/c1-17(13,14)16-6-2-5-15-10-4-3-8(11)7-9(10)12/h3-4,7H,2,5-6H2,1H3. The molecule has 1 rings (SSSR count). The minimum absolute atomic E-state index is 0.0873. The molecule has 0 spiro atoms. The predicted molar refractivity (Wildman–Crippen MR) is 67.4 cm³/mol. The van der Waals surface area contributed by atoms with E-state index in [1.165, 1.54) is 0 Å². The highest BCUT2D eigenvalue weighted by molar-refractivity contribution is 7.85. The first kappa shape index (κ1) is 14.6. The fraction of sp³-hybridized carbons (Fsp3) is 0.400. The Balaban J connectivity index is 2.32. The highest BCUT2D eigenvalue weighted by atomic mass is 35.5. The molecule has 1 aromatic carbocycles. The van der Waals surface area contributed by atoms with Crippen molar-refractivity contribution in [2.45, 2.75) is 6.42 Å². The number of ether oxygens (including phenoxy) is 1. The van der Waals surface area contributed by atoms with Gasteiger partial charge < -0.3 is 4.74 Å². The van der Waals surface area contributed by atoms with Gasteiger partial charge in [0.15, 0.2) is 0 Å². The summed E-state index contributed by atoms with van der Waals surface area (Å²) in [5.74, 6) is 0.510. The summed E-state index contributed by atoms with van der Waals surface area (Å²) in [7, 11) is -3.38. The van der Waals surface area contributed by atoms with E-state index in [0.29, 0.717) is 28.8 Å². The van der Waals surface area contributed by atoms with Gasteiger partial charge in [0.1, 0.15) is 5.75 Å². The highest BCUT2D eigenvalue weighted by Crippen LogP contribution is 2.27. The van der Waals surface area contributed by atoms with Crippen LogP contribution in [0, 0.1) is 0 Å². The van der Waals surface area contributed by atoms with Gasteiger partial charge in [-0.3, -0.25) is 4.18 Å². The SMILES string of the molecule is CS(=O)(=O)OCCCOc1ccc(Cl)cc1Cl. The van der Waals surface area contributed by atoms with E-state index in [0.717, 1.165) is 6.26 Å². The fourth-order valence-electron chi connectivity index (χ4n) is 1.04. The van der Waals surface area contributed by atoms with Crippen molar-refractivity contribution >= 4 is 33.3 Å². The van der Waals surface area contributed by atoms with E-state index < -0.39 is 10.1 Å². The maximum absolute atomic E-state index is 10.7. The Kier molecular flexibility index (Phi) is 5.52. The van der Waals surface area contributed by atoms with Crippen LogP contribution in [0.15, 0.2) is 18.2 Å². The maximum atomic E-state index is 10.7. The largest absolute Gasteiger partial charge is 0.492 e. The summed E-state index contributed by atoms with van der Waals surface area (Å²) in [4.78, 5) is 0. The second-order valence-electron chi connectivity index (χ2n) is 3.30. The Morgan fingerprint density at radius 3 is 2.53 bits per heavy atom. The zero-order valence-electron chi connectivity index (χ0n) is 9.15. The number of hydrogen-bond acceptors (Lipinski definition) is 4. The maximum Gasteiger partial charge on any atom is 0.264 e. The Hall–Kier alpha value is -0.490. The van der Waals surface area contributed by atoms with Crippen LogP contribution < -0.4 is 4.74 Å². The Morgan fingerprint density at radius 2 is 1.94 bits per heavy atom. The van der Waals surface area contributed by atoms with Crippen molar-refractivity contribution < 1.29 is 17.3 Å². The molecule has 0 fully saturated rings. The normalized spacial score (nSPS) is 11.5. The van der Waals surface area contributed by atoms with Crippen LogP contribution in [-0.2, 0) is 14.3 Å². The summed E-state index contributed by atoms with van der Waals surface area (Å²) >= 11 is 11.6. The molecule has 0 saturated carbocycles. The van der Waals surface area contributed by atoms with E-state index in [9.17, 15) is 8.42 Å².